The summed E-state index contributed by atoms with van der Waals surface area (Å²) in [6.45, 7) is 3.01. The third-order valence-corrected chi connectivity index (χ3v) is 3.38. The Morgan fingerprint density at radius 2 is 2.59 bits per heavy atom. The second-order valence-electron chi connectivity index (χ2n) is 3.91. The standard InChI is InChI=1S/C10H15BrN4O2/c1-15-10(16)9(11)8(5-14-15)13-4-7-6-17-3-2-12-7/h5,7,12-13H,2-4,6H2,1H3. The first-order valence-electron chi connectivity index (χ1n) is 5.45. The van der Waals surface area contributed by atoms with Crippen molar-refractivity contribution in [3.05, 3.63) is 21.0 Å². The van der Waals surface area contributed by atoms with E-state index in [-0.39, 0.29) is 11.6 Å². The Morgan fingerprint density at radius 1 is 1.76 bits per heavy atom. The average Bonchev–Trinajstić information content (AvgIpc) is 2.36. The molecule has 0 saturated carbocycles. The molecule has 0 aliphatic carbocycles. The van der Waals surface area contributed by atoms with Crippen molar-refractivity contribution in [3.63, 3.8) is 0 Å². The predicted octanol–water partition coefficient (Wildman–Crippen LogP) is -0.0569. The van der Waals surface area contributed by atoms with Crippen LogP contribution in [-0.2, 0) is 11.8 Å². The zero-order valence-corrected chi connectivity index (χ0v) is 11.2. The maximum absolute atomic E-state index is 11.6. The van der Waals surface area contributed by atoms with Crippen molar-refractivity contribution >= 4 is 21.6 Å². The summed E-state index contributed by atoms with van der Waals surface area (Å²) < 4.78 is 7.14. The number of aromatic nitrogens is 2. The highest BCUT2D eigenvalue weighted by molar-refractivity contribution is 9.10. The Hall–Kier alpha value is -0.920. The first-order chi connectivity index (χ1) is 8.18. The van der Waals surface area contributed by atoms with Crippen LogP contribution in [0.25, 0.3) is 0 Å². The SMILES string of the molecule is Cn1ncc(NCC2COCCN2)c(Br)c1=O. The molecule has 2 rings (SSSR count). The summed E-state index contributed by atoms with van der Waals surface area (Å²) in [4.78, 5) is 11.6. The van der Waals surface area contributed by atoms with Crippen LogP contribution in [0.2, 0.25) is 0 Å². The highest BCUT2D eigenvalue weighted by Crippen LogP contribution is 2.15. The minimum absolute atomic E-state index is 0.150. The molecule has 0 aromatic carbocycles. The minimum atomic E-state index is -0.150. The number of hydrogen-bond donors (Lipinski definition) is 2. The zero-order valence-electron chi connectivity index (χ0n) is 9.57. The van der Waals surface area contributed by atoms with E-state index in [2.05, 4.69) is 31.7 Å². The van der Waals surface area contributed by atoms with Gasteiger partial charge in [0.15, 0.2) is 0 Å². The number of ether oxygens (including phenoxy) is 1. The van der Waals surface area contributed by atoms with Crippen LogP contribution < -0.4 is 16.2 Å². The fourth-order valence-electron chi connectivity index (χ4n) is 1.62. The van der Waals surface area contributed by atoms with Gasteiger partial charge in [-0.2, -0.15) is 5.10 Å². The van der Waals surface area contributed by atoms with Crippen LogP contribution in [0, 0.1) is 0 Å². The Bertz CT molecular complexity index is 442. The summed E-state index contributed by atoms with van der Waals surface area (Å²) in [5.41, 5.74) is 0.559. The largest absolute Gasteiger partial charge is 0.381 e. The van der Waals surface area contributed by atoms with Gasteiger partial charge in [-0.05, 0) is 15.9 Å². The van der Waals surface area contributed by atoms with Gasteiger partial charge >= 0.3 is 0 Å². The molecule has 1 aliphatic rings. The topological polar surface area (TPSA) is 68.2 Å². The van der Waals surface area contributed by atoms with Crippen LogP contribution in [-0.4, -0.2) is 42.1 Å². The molecule has 1 unspecified atom stereocenters. The Kier molecular flexibility index (Phi) is 4.14. The predicted molar refractivity (Wildman–Crippen MR) is 68.3 cm³/mol. The summed E-state index contributed by atoms with van der Waals surface area (Å²) in [7, 11) is 1.62. The smallest absolute Gasteiger partial charge is 0.282 e. The van der Waals surface area contributed by atoms with Gasteiger partial charge in [0.2, 0.25) is 0 Å². The summed E-state index contributed by atoms with van der Waals surface area (Å²) in [5.74, 6) is 0. The number of anilines is 1. The van der Waals surface area contributed by atoms with Crippen molar-refractivity contribution in [2.45, 2.75) is 6.04 Å². The van der Waals surface area contributed by atoms with Gasteiger partial charge in [0, 0.05) is 26.2 Å². The number of hydrogen-bond acceptors (Lipinski definition) is 5. The fourth-order valence-corrected chi connectivity index (χ4v) is 2.12. The van der Waals surface area contributed by atoms with Crippen LogP contribution in [0.5, 0.6) is 0 Å². The number of rotatable bonds is 3. The van der Waals surface area contributed by atoms with Gasteiger partial charge in [-0.25, -0.2) is 4.68 Å². The van der Waals surface area contributed by atoms with E-state index in [1.807, 2.05) is 0 Å². The first kappa shape index (κ1) is 12.5. The highest BCUT2D eigenvalue weighted by atomic mass is 79.9. The number of nitrogens with zero attached hydrogens (tertiary/aromatic N) is 2. The van der Waals surface area contributed by atoms with Crippen LogP contribution in [0.15, 0.2) is 15.5 Å². The monoisotopic (exact) mass is 302 g/mol. The van der Waals surface area contributed by atoms with E-state index in [1.165, 1.54) is 4.68 Å². The van der Waals surface area contributed by atoms with Crippen LogP contribution in [0.3, 0.4) is 0 Å². The van der Waals surface area contributed by atoms with Crippen LogP contribution >= 0.6 is 15.9 Å². The lowest BCUT2D eigenvalue weighted by Crippen LogP contribution is -2.45. The van der Waals surface area contributed by atoms with Gasteiger partial charge in [0.25, 0.3) is 5.56 Å². The second-order valence-corrected chi connectivity index (χ2v) is 4.70. The molecule has 2 heterocycles. The van der Waals surface area contributed by atoms with Gasteiger partial charge in [-0.1, -0.05) is 0 Å². The number of halogens is 1. The maximum Gasteiger partial charge on any atom is 0.282 e. The van der Waals surface area contributed by atoms with Gasteiger partial charge in [0.05, 0.1) is 25.1 Å². The van der Waals surface area contributed by atoms with Crippen molar-refractivity contribution in [1.29, 1.82) is 0 Å². The van der Waals surface area contributed by atoms with Crippen molar-refractivity contribution in [2.24, 2.45) is 7.05 Å². The van der Waals surface area contributed by atoms with E-state index in [0.29, 0.717) is 23.3 Å². The number of morpholine rings is 1. The van der Waals surface area contributed by atoms with Gasteiger partial charge in [-0.3, -0.25) is 4.79 Å². The molecule has 0 amide bonds. The van der Waals surface area contributed by atoms with Crippen LogP contribution in [0.1, 0.15) is 0 Å². The molecule has 1 aromatic heterocycles. The Balaban J connectivity index is 1.99. The highest BCUT2D eigenvalue weighted by Gasteiger charge is 2.13. The molecular formula is C10H15BrN4O2. The molecule has 2 N–H and O–H groups in total. The molecule has 1 aliphatic heterocycles. The van der Waals surface area contributed by atoms with Gasteiger partial charge < -0.3 is 15.4 Å². The fraction of sp³-hybridized carbons (Fsp3) is 0.600. The lowest BCUT2D eigenvalue weighted by Gasteiger charge is -2.24. The molecule has 1 fully saturated rings. The second kappa shape index (κ2) is 5.61. The summed E-state index contributed by atoms with van der Waals surface area (Å²) in [6.07, 6.45) is 1.63. The third kappa shape index (κ3) is 3.05. The Morgan fingerprint density at radius 3 is 3.29 bits per heavy atom. The molecule has 0 bridgehead atoms. The molecule has 17 heavy (non-hydrogen) atoms. The third-order valence-electron chi connectivity index (χ3n) is 2.62. The zero-order chi connectivity index (χ0) is 12.3. The van der Waals surface area contributed by atoms with Gasteiger partial charge in [0.1, 0.15) is 4.47 Å². The molecular weight excluding hydrogens is 288 g/mol. The van der Waals surface area contributed by atoms with E-state index in [4.69, 9.17) is 4.74 Å². The van der Waals surface area contributed by atoms with Gasteiger partial charge in [-0.15, -0.1) is 0 Å². The quantitative estimate of drug-likeness (QED) is 0.819. The van der Waals surface area contributed by atoms with Crippen LogP contribution in [0.4, 0.5) is 5.69 Å². The van der Waals surface area contributed by atoms with Crippen molar-refractivity contribution in [2.75, 3.05) is 31.6 Å². The average molecular weight is 303 g/mol. The lowest BCUT2D eigenvalue weighted by molar-refractivity contribution is 0.0806. The summed E-state index contributed by atoms with van der Waals surface area (Å²) in [6, 6.07) is 0.264. The maximum atomic E-state index is 11.6. The molecule has 94 valence electrons. The minimum Gasteiger partial charge on any atom is -0.381 e. The number of nitrogens with one attached hydrogen (secondary N) is 2. The van der Waals surface area contributed by atoms with E-state index in [9.17, 15) is 4.79 Å². The molecule has 7 heteroatoms. The van der Waals surface area contributed by atoms with E-state index < -0.39 is 0 Å². The normalized spacial score (nSPS) is 20.2. The molecule has 6 nitrogen and oxygen atoms in total. The van der Waals surface area contributed by atoms with E-state index in [1.54, 1.807) is 13.2 Å². The molecule has 0 spiro atoms. The molecule has 1 aromatic rings. The molecule has 0 radical (unpaired) electrons. The summed E-state index contributed by atoms with van der Waals surface area (Å²) in [5, 5.41) is 10.5. The van der Waals surface area contributed by atoms with E-state index >= 15 is 0 Å². The number of aryl methyl sites for hydroxylation is 1. The molecule has 1 atom stereocenters. The Labute approximate surface area is 107 Å². The molecule has 1 saturated heterocycles. The lowest BCUT2D eigenvalue weighted by atomic mass is 10.2. The first-order valence-corrected chi connectivity index (χ1v) is 6.24. The van der Waals surface area contributed by atoms with Crippen molar-refractivity contribution < 1.29 is 4.74 Å². The van der Waals surface area contributed by atoms with Crippen molar-refractivity contribution in [1.82, 2.24) is 15.1 Å². The van der Waals surface area contributed by atoms with Crippen molar-refractivity contribution in [3.8, 4) is 0 Å². The summed E-state index contributed by atoms with van der Waals surface area (Å²) >= 11 is 3.27. The van der Waals surface area contributed by atoms with E-state index in [0.717, 1.165) is 13.2 Å².